The molecular weight excluding hydrogens is 268 g/mol. The molecule has 0 aliphatic rings. The summed E-state index contributed by atoms with van der Waals surface area (Å²) >= 11 is 0. The van der Waals surface area contributed by atoms with Crippen molar-refractivity contribution in [2.45, 2.75) is 0 Å². The van der Waals surface area contributed by atoms with E-state index in [1.54, 1.807) is 0 Å². The summed E-state index contributed by atoms with van der Waals surface area (Å²) in [6.45, 7) is 0. The van der Waals surface area contributed by atoms with Crippen LogP contribution in [0.2, 0.25) is 0 Å². The fourth-order valence-corrected chi connectivity index (χ4v) is 1.45. The number of aromatic amines is 1. The number of nitrogens with zero attached hydrogens (tertiary/aromatic N) is 3. The highest BCUT2D eigenvalue weighted by molar-refractivity contribution is 6.03. The minimum Gasteiger partial charge on any atom is -0.496 e. The topological polar surface area (TPSA) is 149 Å². The standard InChI is InChI=1S/C10H10N6O4/c1-20-5-2-3-6(7(4-5)16(18)19)12-9(17)8-13-10(11)15-14-8/h2-4H,1H3,(H,12,17)(H3,11,13,14,15). The highest BCUT2D eigenvalue weighted by Crippen LogP contribution is 2.29. The number of benzene rings is 1. The molecule has 1 aromatic heterocycles. The number of aromatic nitrogens is 3. The SMILES string of the molecule is COc1ccc(NC(=O)c2nc(N)n[nH]2)c([N+](=O)[O-])c1. The van der Waals surface area contributed by atoms with Crippen LogP contribution < -0.4 is 15.8 Å². The third-order valence-corrected chi connectivity index (χ3v) is 2.37. The number of carbonyl (C=O) groups is 1. The molecule has 0 spiro atoms. The van der Waals surface area contributed by atoms with Crippen LogP contribution in [0.4, 0.5) is 17.3 Å². The van der Waals surface area contributed by atoms with Crippen LogP contribution >= 0.6 is 0 Å². The maximum absolute atomic E-state index is 11.8. The fraction of sp³-hybridized carbons (Fsp3) is 0.100. The van der Waals surface area contributed by atoms with Crippen molar-refractivity contribution in [1.82, 2.24) is 15.2 Å². The van der Waals surface area contributed by atoms with Crippen LogP contribution in [-0.4, -0.2) is 33.1 Å². The van der Waals surface area contributed by atoms with Gasteiger partial charge in [0.1, 0.15) is 11.4 Å². The van der Waals surface area contributed by atoms with Crippen LogP contribution in [0, 0.1) is 10.1 Å². The molecule has 1 heterocycles. The fourth-order valence-electron chi connectivity index (χ4n) is 1.45. The van der Waals surface area contributed by atoms with Crippen LogP contribution in [0.25, 0.3) is 0 Å². The van der Waals surface area contributed by atoms with E-state index in [0.29, 0.717) is 5.75 Å². The van der Waals surface area contributed by atoms with Gasteiger partial charge in [-0.1, -0.05) is 0 Å². The number of nitrogen functional groups attached to an aromatic ring is 1. The third kappa shape index (κ3) is 2.63. The number of nitrogens with one attached hydrogen (secondary N) is 2. The van der Waals surface area contributed by atoms with Gasteiger partial charge in [-0.25, -0.2) is 0 Å². The second-order valence-corrected chi connectivity index (χ2v) is 3.64. The Hall–Kier alpha value is -3.17. The first-order chi connectivity index (χ1) is 9.51. The number of nitro groups is 1. The molecule has 0 aliphatic heterocycles. The number of H-pyrrole nitrogens is 1. The van der Waals surface area contributed by atoms with Crippen molar-refractivity contribution in [2.24, 2.45) is 0 Å². The lowest BCUT2D eigenvalue weighted by molar-refractivity contribution is -0.384. The van der Waals surface area contributed by atoms with E-state index in [0.717, 1.165) is 0 Å². The summed E-state index contributed by atoms with van der Waals surface area (Å²) in [7, 11) is 1.38. The number of hydrogen-bond donors (Lipinski definition) is 3. The van der Waals surface area contributed by atoms with Crippen LogP contribution in [0.5, 0.6) is 5.75 Å². The molecule has 10 heteroatoms. The van der Waals surface area contributed by atoms with Crippen LogP contribution in [0.3, 0.4) is 0 Å². The molecule has 0 saturated heterocycles. The summed E-state index contributed by atoms with van der Waals surface area (Å²) in [5, 5.41) is 19.1. The smallest absolute Gasteiger partial charge is 0.296 e. The molecule has 0 radical (unpaired) electrons. The Morgan fingerprint density at radius 1 is 1.55 bits per heavy atom. The van der Waals surface area contributed by atoms with Gasteiger partial charge in [0.05, 0.1) is 18.1 Å². The number of anilines is 2. The largest absolute Gasteiger partial charge is 0.496 e. The monoisotopic (exact) mass is 278 g/mol. The number of nitro benzene ring substituents is 1. The molecular formula is C10H10N6O4. The van der Waals surface area contributed by atoms with E-state index in [9.17, 15) is 14.9 Å². The van der Waals surface area contributed by atoms with E-state index >= 15 is 0 Å². The van der Waals surface area contributed by atoms with E-state index in [1.165, 1.54) is 25.3 Å². The van der Waals surface area contributed by atoms with Gasteiger partial charge < -0.3 is 15.8 Å². The summed E-state index contributed by atoms with van der Waals surface area (Å²) in [6, 6.07) is 4.04. The molecule has 104 valence electrons. The average Bonchev–Trinajstić information content (AvgIpc) is 2.85. The second-order valence-electron chi connectivity index (χ2n) is 3.64. The molecule has 4 N–H and O–H groups in total. The Morgan fingerprint density at radius 2 is 2.30 bits per heavy atom. The van der Waals surface area contributed by atoms with Gasteiger partial charge in [-0.05, 0) is 12.1 Å². The molecule has 0 bridgehead atoms. The second kappa shape index (κ2) is 5.22. The summed E-state index contributed by atoms with van der Waals surface area (Å²) in [5.41, 5.74) is 4.98. The molecule has 1 amide bonds. The van der Waals surface area contributed by atoms with E-state index in [1.807, 2.05) is 0 Å². The van der Waals surface area contributed by atoms with Gasteiger partial charge in [-0.2, -0.15) is 4.98 Å². The van der Waals surface area contributed by atoms with Gasteiger partial charge >= 0.3 is 0 Å². The molecule has 0 atom stereocenters. The number of hydrogen-bond acceptors (Lipinski definition) is 7. The first kappa shape index (κ1) is 13.3. The summed E-state index contributed by atoms with van der Waals surface area (Å²) in [6.07, 6.45) is 0. The van der Waals surface area contributed by atoms with E-state index in [2.05, 4.69) is 20.5 Å². The number of amides is 1. The Labute approximate surface area is 112 Å². The lowest BCUT2D eigenvalue weighted by atomic mass is 10.2. The highest BCUT2D eigenvalue weighted by atomic mass is 16.6. The molecule has 0 unspecified atom stereocenters. The lowest BCUT2D eigenvalue weighted by Crippen LogP contribution is -2.15. The summed E-state index contributed by atoms with van der Waals surface area (Å²) in [5.74, 6) is -0.631. The van der Waals surface area contributed by atoms with Gasteiger partial charge in [-0.3, -0.25) is 20.0 Å². The number of rotatable bonds is 4. The maximum Gasteiger partial charge on any atom is 0.296 e. The number of ether oxygens (including phenoxy) is 1. The first-order valence-electron chi connectivity index (χ1n) is 5.33. The molecule has 2 rings (SSSR count). The minimum atomic E-state index is -0.692. The molecule has 1 aromatic carbocycles. The predicted molar refractivity (Wildman–Crippen MR) is 68.4 cm³/mol. The molecule has 20 heavy (non-hydrogen) atoms. The van der Waals surface area contributed by atoms with Crippen molar-refractivity contribution in [3.63, 3.8) is 0 Å². The van der Waals surface area contributed by atoms with Gasteiger partial charge in [0, 0.05) is 0 Å². The Kier molecular flexibility index (Phi) is 3.46. The summed E-state index contributed by atoms with van der Waals surface area (Å²) < 4.78 is 4.89. The van der Waals surface area contributed by atoms with E-state index < -0.39 is 10.8 Å². The van der Waals surface area contributed by atoms with Crippen molar-refractivity contribution in [2.75, 3.05) is 18.2 Å². The van der Waals surface area contributed by atoms with Crippen LogP contribution in [-0.2, 0) is 0 Å². The van der Waals surface area contributed by atoms with Gasteiger partial charge in [0.25, 0.3) is 11.6 Å². The minimum absolute atomic E-state index is 0.00997. The molecule has 0 aliphatic carbocycles. The van der Waals surface area contributed by atoms with Crippen molar-refractivity contribution < 1.29 is 14.5 Å². The number of methoxy groups -OCH3 is 1. The zero-order valence-corrected chi connectivity index (χ0v) is 10.3. The maximum atomic E-state index is 11.8. The summed E-state index contributed by atoms with van der Waals surface area (Å²) in [4.78, 5) is 25.7. The Balaban J connectivity index is 2.29. The van der Waals surface area contributed by atoms with Gasteiger partial charge in [0.15, 0.2) is 0 Å². The van der Waals surface area contributed by atoms with Gasteiger partial charge in [-0.15, -0.1) is 5.10 Å². The number of nitrogens with two attached hydrogens (primary N) is 1. The lowest BCUT2D eigenvalue weighted by Gasteiger charge is -2.06. The zero-order chi connectivity index (χ0) is 14.7. The normalized spacial score (nSPS) is 10.1. The molecule has 0 fully saturated rings. The van der Waals surface area contributed by atoms with Crippen LogP contribution in [0.15, 0.2) is 18.2 Å². The van der Waals surface area contributed by atoms with Crippen molar-refractivity contribution in [1.29, 1.82) is 0 Å². The zero-order valence-electron chi connectivity index (χ0n) is 10.3. The highest BCUT2D eigenvalue weighted by Gasteiger charge is 2.19. The quantitative estimate of drug-likeness (QED) is 0.546. The van der Waals surface area contributed by atoms with Gasteiger partial charge in [0.2, 0.25) is 11.8 Å². The first-order valence-corrected chi connectivity index (χ1v) is 5.33. The Morgan fingerprint density at radius 3 is 2.85 bits per heavy atom. The molecule has 0 saturated carbocycles. The Bertz CT molecular complexity index is 668. The molecule has 10 nitrogen and oxygen atoms in total. The van der Waals surface area contributed by atoms with Crippen LogP contribution in [0.1, 0.15) is 10.6 Å². The van der Waals surface area contributed by atoms with Crippen molar-refractivity contribution in [3.05, 3.63) is 34.1 Å². The molecule has 2 aromatic rings. The number of carbonyl (C=O) groups excluding carboxylic acids is 1. The average molecular weight is 278 g/mol. The van der Waals surface area contributed by atoms with Crippen molar-refractivity contribution >= 4 is 23.2 Å². The third-order valence-electron chi connectivity index (χ3n) is 2.37. The van der Waals surface area contributed by atoms with Crippen molar-refractivity contribution in [3.8, 4) is 5.75 Å². The predicted octanol–water partition coefficient (Wildman–Crippen LogP) is 0.556. The van der Waals surface area contributed by atoms with E-state index in [-0.39, 0.29) is 23.1 Å². The van der Waals surface area contributed by atoms with E-state index in [4.69, 9.17) is 10.5 Å².